The van der Waals surface area contributed by atoms with Crippen molar-refractivity contribution in [2.24, 2.45) is 0 Å². The van der Waals surface area contributed by atoms with Crippen molar-refractivity contribution in [2.45, 2.75) is 38.1 Å². The molecule has 2 aromatic rings. The van der Waals surface area contributed by atoms with Crippen molar-refractivity contribution in [1.82, 2.24) is 9.78 Å². The molecule has 3 heterocycles. The average molecular weight is 324 g/mol. The van der Waals surface area contributed by atoms with Gasteiger partial charge in [0.1, 0.15) is 11.2 Å². The normalized spacial score (nSPS) is 22.6. The van der Waals surface area contributed by atoms with E-state index < -0.39 is 5.41 Å². The van der Waals surface area contributed by atoms with Gasteiger partial charge in [0.15, 0.2) is 0 Å². The first-order valence-corrected chi connectivity index (χ1v) is 8.03. The number of hydrogen-bond acceptors (Lipinski definition) is 3. The van der Waals surface area contributed by atoms with Gasteiger partial charge in [0, 0.05) is 24.7 Å². The summed E-state index contributed by atoms with van der Waals surface area (Å²) in [4.78, 5) is 27.4. The third-order valence-electron chi connectivity index (χ3n) is 4.94. The number of nitrogens with zero attached hydrogens (tertiary/aromatic N) is 3. The average Bonchev–Trinajstić information content (AvgIpc) is 3.03. The number of hydrogen-bond donors (Lipinski definition) is 1. The number of para-hydroxylation sites is 1. The molecule has 0 fully saturated rings. The number of carbonyl (C=O) groups is 2. The van der Waals surface area contributed by atoms with Crippen LogP contribution in [-0.2, 0) is 20.5 Å². The fraction of sp³-hybridized carbons (Fsp3) is 0.389. The van der Waals surface area contributed by atoms with E-state index in [1.807, 2.05) is 45.0 Å². The molecule has 6 nitrogen and oxygen atoms in total. The van der Waals surface area contributed by atoms with Crippen LogP contribution in [0.5, 0.6) is 0 Å². The number of benzene rings is 1. The molecular formula is C18H20N4O2. The standard InChI is InChI=1S/C18H20N4O2/c1-17(2,3)22-15-12(10-19-22)18(9-14(23)20-15)11-7-5-6-8-13(11)21(4)16(18)24/h5-8,10H,9H2,1-4H3,(H,20,23)/t18-/m1/s1. The van der Waals surface area contributed by atoms with E-state index in [0.717, 1.165) is 16.8 Å². The van der Waals surface area contributed by atoms with Gasteiger partial charge >= 0.3 is 0 Å². The van der Waals surface area contributed by atoms with Gasteiger partial charge in [0.25, 0.3) is 0 Å². The number of fused-ring (bicyclic) bond motifs is 4. The van der Waals surface area contributed by atoms with Gasteiger partial charge in [-0.05, 0) is 32.4 Å². The van der Waals surface area contributed by atoms with Gasteiger partial charge in [-0.15, -0.1) is 0 Å². The van der Waals surface area contributed by atoms with Gasteiger partial charge in [-0.3, -0.25) is 9.59 Å². The molecular weight excluding hydrogens is 304 g/mol. The van der Waals surface area contributed by atoms with Crippen LogP contribution in [-0.4, -0.2) is 28.6 Å². The fourth-order valence-corrected chi connectivity index (χ4v) is 3.87. The lowest BCUT2D eigenvalue weighted by Crippen LogP contribution is -2.46. The Balaban J connectivity index is 2.04. The summed E-state index contributed by atoms with van der Waals surface area (Å²) in [6.07, 6.45) is 1.84. The molecule has 24 heavy (non-hydrogen) atoms. The van der Waals surface area contributed by atoms with Crippen molar-refractivity contribution in [3.8, 4) is 0 Å². The van der Waals surface area contributed by atoms with Crippen molar-refractivity contribution >= 4 is 23.3 Å². The third-order valence-corrected chi connectivity index (χ3v) is 4.94. The zero-order valence-corrected chi connectivity index (χ0v) is 14.3. The van der Waals surface area contributed by atoms with E-state index in [1.165, 1.54) is 0 Å². The first-order valence-electron chi connectivity index (χ1n) is 8.03. The summed E-state index contributed by atoms with van der Waals surface area (Å²) in [5.41, 5.74) is 1.23. The molecule has 2 aliphatic heterocycles. The van der Waals surface area contributed by atoms with E-state index in [1.54, 1.807) is 22.8 Å². The van der Waals surface area contributed by atoms with Gasteiger partial charge in [0.05, 0.1) is 11.7 Å². The predicted octanol–water partition coefficient (Wildman–Crippen LogP) is 2.24. The molecule has 4 rings (SSSR count). The Morgan fingerprint density at radius 1 is 1.17 bits per heavy atom. The molecule has 0 saturated heterocycles. The Morgan fingerprint density at radius 2 is 1.88 bits per heavy atom. The summed E-state index contributed by atoms with van der Waals surface area (Å²) >= 11 is 0. The fourth-order valence-electron chi connectivity index (χ4n) is 3.87. The Morgan fingerprint density at radius 3 is 2.58 bits per heavy atom. The molecule has 0 bridgehead atoms. The minimum absolute atomic E-state index is 0.0757. The van der Waals surface area contributed by atoms with Crippen LogP contribution in [0.4, 0.5) is 11.5 Å². The third kappa shape index (κ3) is 1.68. The number of carbonyl (C=O) groups excluding carboxylic acids is 2. The summed E-state index contributed by atoms with van der Waals surface area (Å²) in [5.74, 6) is 0.386. The van der Waals surface area contributed by atoms with Crippen LogP contribution in [0.1, 0.15) is 38.3 Å². The van der Waals surface area contributed by atoms with E-state index in [4.69, 9.17) is 0 Å². The van der Waals surface area contributed by atoms with E-state index in [9.17, 15) is 9.59 Å². The first-order chi connectivity index (χ1) is 11.3. The van der Waals surface area contributed by atoms with Gasteiger partial charge in [-0.1, -0.05) is 18.2 Å². The molecule has 2 amide bonds. The summed E-state index contributed by atoms with van der Waals surface area (Å²) in [6, 6.07) is 7.67. The van der Waals surface area contributed by atoms with Crippen LogP contribution < -0.4 is 10.2 Å². The molecule has 1 atom stereocenters. The number of rotatable bonds is 0. The highest BCUT2D eigenvalue weighted by Crippen LogP contribution is 2.52. The second-order valence-electron chi connectivity index (χ2n) is 7.50. The van der Waals surface area contributed by atoms with Crippen LogP contribution in [0.25, 0.3) is 0 Å². The van der Waals surface area contributed by atoms with Crippen molar-refractivity contribution in [2.75, 3.05) is 17.3 Å². The number of aromatic nitrogens is 2. The molecule has 0 aliphatic carbocycles. The summed E-state index contributed by atoms with van der Waals surface area (Å²) < 4.78 is 1.79. The number of nitrogens with one attached hydrogen (secondary N) is 1. The maximum atomic E-state index is 13.2. The largest absolute Gasteiger partial charge is 0.314 e. The molecule has 2 aliphatic rings. The maximum absolute atomic E-state index is 13.2. The number of amides is 2. The lowest BCUT2D eigenvalue weighted by molar-refractivity contribution is -0.126. The minimum Gasteiger partial charge on any atom is -0.314 e. The molecule has 0 saturated carbocycles. The smallest absolute Gasteiger partial charge is 0.242 e. The lowest BCUT2D eigenvalue weighted by Gasteiger charge is -2.33. The zero-order valence-electron chi connectivity index (χ0n) is 14.3. The number of likely N-dealkylation sites (N-methyl/N-ethyl adjacent to an activating group) is 1. The van der Waals surface area contributed by atoms with E-state index in [0.29, 0.717) is 5.82 Å². The summed E-state index contributed by atoms with van der Waals surface area (Å²) in [5, 5.41) is 7.41. The molecule has 6 heteroatoms. The molecule has 1 aromatic heterocycles. The highest BCUT2D eigenvalue weighted by Gasteiger charge is 2.56. The van der Waals surface area contributed by atoms with E-state index in [-0.39, 0.29) is 23.8 Å². The predicted molar refractivity (Wildman–Crippen MR) is 91.1 cm³/mol. The van der Waals surface area contributed by atoms with Gasteiger partial charge in [-0.2, -0.15) is 5.10 Å². The SMILES string of the molecule is CN1C(=O)[C@]2(CC(=O)Nc3c2cnn3C(C)(C)C)c2ccccc21. The van der Waals surface area contributed by atoms with Gasteiger partial charge in [0.2, 0.25) is 11.8 Å². The monoisotopic (exact) mass is 324 g/mol. The molecule has 0 radical (unpaired) electrons. The molecule has 1 aromatic carbocycles. The molecule has 0 unspecified atom stereocenters. The Bertz CT molecular complexity index is 877. The Hall–Kier alpha value is -2.63. The van der Waals surface area contributed by atoms with E-state index >= 15 is 0 Å². The van der Waals surface area contributed by atoms with Crippen molar-refractivity contribution in [1.29, 1.82) is 0 Å². The van der Waals surface area contributed by atoms with Crippen molar-refractivity contribution < 1.29 is 9.59 Å². The highest BCUT2D eigenvalue weighted by atomic mass is 16.2. The van der Waals surface area contributed by atoms with Crippen LogP contribution in [0.2, 0.25) is 0 Å². The molecule has 1 spiro atoms. The zero-order chi connectivity index (χ0) is 17.3. The Kier molecular flexibility index (Phi) is 2.78. The highest BCUT2D eigenvalue weighted by molar-refractivity contribution is 6.15. The van der Waals surface area contributed by atoms with Crippen LogP contribution in [0.3, 0.4) is 0 Å². The second kappa shape index (κ2) is 4.47. The summed E-state index contributed by atoms with van der Waals surface area (Å²) in [7, 11) is 1.76. The maximum Gasteiger partial charge on any atom is 0.242 e. The first kappa shape index (κ1) is 14.9. The second-order valence-corrected chi connectivity index (χ2v) is 7.50. The van der Waals surface area contributed by atoms with Gasteiger partial charge in [-0.25, -0.2) is 4.68 Å². The minimum atomic E-state index is -0.980. The molecule has 124 valence electrons. The van der Waals surface area contributed by atoms with Crippen LogP contribution in [0, 0.1) is 0 Å². The Labute approximate surface area is 140 Å². The molecule has 1 N–H and O–H groups in total. The summed E-state index contributed by atoms with van der Waals surface area (Å²) in [6.45, 7) is 6.05. The number of anilines is 2. The van der Waals surface area contributed by atoms with Gasteiger partial charge < -0.3 is 10.2 Å². The topological polar surface area (TPSA) is 67.2 Å². The van der Waals surface area contributed by atoms with Crippen LogP contribution in [0.15, 0.2) is 30.5 Å². The lowest BCUT2D eigenvalue weighted by atomic mass is 9.72. The van der Waals surface area contributed by atoms with E-state index in [2.05, 4.69) is 10.4 Å². The van der Waals surface area contributed by atoms with Crippen LogP contribution >= 0.6 is 0 Å². The van der Waals surface area contributed by atoms with Crippen molar-refractivity contribution in [3.63, 3.8) is 0 Å². The quantitative estimate of drug-likeness (QED) is 0.808. The van der Waals surface area contributed by atoms with Crippen molar-refractivity contribution in [3.05, 3.63) is 41.6 Å².